The lowest BCUT2D eigenvalue weighted by Crippen LogP contribution is -2.12. The molecule has 1 fully saturated rings. The summed E-state index contributed by atoms with van der Waals surface area (Å²) in [6.45, 7) is 0. The van der Waals surface area contributed by atoms with Gasteiger partial charge in [0.05, 0.1) is 10.1 Å². The number of hydrogen-bond acceptors (Lipinski definition) is 2. The smallest absolute Gasteiger partial charge is 0.170 e. The van der Waals surface area contributed by atoms with Gasteiger partial charge in [0.1, 0.15) is 11.5 Å². The molecular weight excluding hydrogens is 268 g/mol. The van der Waals surface area contributed by atoms with E-state index in [1.165, 1.54) is 19.3 Å². The number of rotatable bonds is 2. The molecule has 0 spiro atoms. The Morgan fingerprint density at radius 3 is 2.88 bits per heavy atom. The van der Waals surface area contributed by atoms with Gasteiger partial charge in [-0.05, 0) is 40.9 Å². The van der Waals surface area contributed by atoms with Gasteiger partial charge in [0.25, 0.3) is 0 Å². The minimum absolute atomic E-state index is 0.514. The van der Waals surface area contributed by atoms with Gasteiger partial charge in [-0.25, -0.2) is 4.98 Å². The lowest BCUT2D eigenvalue weighted by Gasteiger charge is -2.24. The number of aromatic nitrogens is 2. The predicted octanol–water partition coefficient (Wildman–Crippen LogP) is 3.18. The summed E-state index contributed by atoms with van der Waals surface area (Å²) in [4.78, 5) is 15.4. The highest BCUT2D eigenvalue weighted by molar-refractivity contribution is 9.10. The largest absolute Gasteiger partial charge is 0.296 e. The molecule has 4 heteroatoms. The van der Waals surface area contributed by atoms with Crippen molar-refractivity contribution in [2.45, 2.75) is 25.2 Å². The molecule has 2 aromatic heterocycles. The molecule has 0 N–H and O–H groups in total. The summed E-state index contributed by atoms with van der Waals surface area (Å²) < 4.78 is 3.01. The first kappa shape index (κ1) is 10.0. The van der Waals surface area contributed by atoms with Crippen LogP contribution in [0.4, 0.5) is 0 Å². The molecule has 82 valence electrons. The highest BCUT2D eigenvalue weighted by Gasteiger charge is 2.25. The van der Waals surface area contributed by atoms with Crippen molar-refractivity contribution in [2.24, 2.45) is 0 Å². The molecule has 0 aromatic carbocycles. The van der Waals surface area contributed by atoms with E-state index in [1.807, 2.05) is 22.6 Å². The molecule has 16 heavy (non-hydrogen) atoms. The number of halogens is 1. The van der Waals surface area contributed by atoms with E-state index in [0.717, 1.165) is 22.2 Å². The van der Waals surface area contributed by atoms with Crippen LogP contribution in [0.25, 0.3) is 5.52 Å². The van der Waals surface area contributed by atoms with Crippen molar-refractivity contribution in [2.75, 3.05) is 0 Å². The highest BCUT2D eigenvalue weighted by atomic mass is 79.9. The van der Waals surface area contributed by atoms with Crippen LogP contribution in [-0.2, 0) is 0 Å². The fraction of sp³-hybridized carbons (Fsp3) is 0.333. The van der Waals surface area contributed by atoms with E-state index in [1.54, 1.807) is 0 Å². The average Bonchev–Trinajstić information content (AvgIpc) is 2.56. The Kier molecular flexibility index (Phi) is 2.32. The zero-order chi connectivity index (χ0) is 11.1. The number of fused-ring (bicyclic) bond motifs is 1. The van der Waals surface area contributed by atoms with Crippen molar-refractivity contribution < 1.29 is 4.79 Å². The maximum atomic E-state index is 11.0. The molecule has 1 saturated carbocycles. The third-order valence-corrected chi connectivity index (χ3v) is 3.87. The van der Waals surface area contributed by atoms with Crippen LogP contribution in [0.15, 0.2) is 22.8 Å². The fourth-order valence-corrected chi connectivity index (χ4v) is 2.70. The Labute approximate surface area is 102 Å². The standard InChI is InChI=1S/C12H11BrN2O/c13-11-6-2-5-10-9(7-16)14-12(15(10)11)8-3-1-4-8/h2,5-8H,1,3-4H2. The third-order valence-electron chi connectivity index (χ3n) is 3.25. The van der Waals surface area contributed by atoms with Gasteiger partial charge in [0.15, 0.2) is 6.29 Å². The monoisotopic (exact) mass is 278 g/mol. The van der Waals surface area contributed by atoms with E-state index in [0.29, 0.717) is 11.6 Å². The summed E-state index contributed by atoms with van der Waals surface area (Å²) in [6.07, 6.45) is 4.46. The summed E-state index contributed by atoms with van der Waals surface area (Å²) in [5.41, 5.74) is 1.44. The Balaban J connectivity index is 2.30. The summed E-state index contributed by atoms with van der Waals surface area (Å²) in [6, 6.07) is 5.84. The molecule has 0 amide bonds. The second-order valence-corrected chi connectivity index (χ2v) is 4.98. The zero-order valence-electron chi connectivity index (χ0n) is 8.69. The normalized spacial score (nSPS) is 16.3. The van der Waals surface area contributed by atoms with Crippen LogP contribution in [0.1, 0.15) is 41.5 Å². The fourth-order valence-electron chi connectivity index (χ4n) is 2.17. The first-order valence-electron chi connectivity index (χ1n) is 5.43. The molecule has 2 aromatic rings. The number of aldehydes is 1. The molecule has 0 saturated heterocycles. The van der Waals surface area contributed by atoms with E-state index in [-0.39, 0.29) is 0 Å². The van der Waals surface area contributed by atoms with Crippen LogP contribution in [0, 0.1) is 0 Å². The number of pyridine rings is 1. The first-order chi connectivity index (χ1) is 7.81. The topological polar surface area (TPSA) is 34.4 Å². The molecule has 3 nitrogen and oxygen atoms in total. The van der Waals surface area contributed by atoms with Crippen LogP contribution >= 0.6 is 15.9 Å². The molecule has 0 aliphatic heterocycles. The van der Waals surface area contributed by atoms with E-state index in [4.69, 9.17) is 0 Å². The third kappa shape index (κ3) is 1.33. The Morgan fingerprint density at radius 1 is 1.44 bits per heavy atom. The molecule has 0 atom stereocenters. The van der Waals surface area contributed by atoms with Gasteiger partial charge in [0.2, 0.25) is 0 Å². The molecule has 2 heterocycles. The lowest BCUT2D eigenvalue weighted by atomic mass is 9.85. The highest BCUT2D eigenvalue weighted by Crippen LogP contribution is 2.37. The minimum Gasteiger partial charge on any atom is -0.296 e. The van der Waals surface area contributed by atoms with Crippen molar-refractivity contribution in [1.82, 2.24) is 9.38 Å². The summed E-state index contributed by atoms with van der Waals surface area (Å²) >= 11 is 3.52. The molecular formula is C12H11BrN2O. The Hall–Kier alpha value is -1.16. The second kappa shape index (κ2) is 3.70. The van der Waals surface area contributed by atoms with Gasteiger partial charge in [-0.15, -0.1) is 0 Å². The molecule has 1 aliphatic carbocycles. The Bertz CT molecular complexity index is 557. The maximum absolute atomic E-state index is 11.0. The SMILES string of the molecule is O=Cc1nc(C2CCC2)n2c(Br)cccc12. The maximum Gasteiger partial charge on any atom is 0.170 e. The number of carbonyl (C=O) groups is 1. The number of imidazole rings is 1. The minimum atomic E-state index is 0.514. The second-order valence-electron chi connectivity index (χ2n) is 4.17. The average molecular weight is 279 g/mol. The number of hydrogen-bond donors (Lipinski definition) is 0. The summed E-state index contributed by atoms with van der Waals surface area (Å²) in [5, 5.41) is 0. The van der Waals surface area contributed by atoms with Crippen molar-refractivity contribution in [3.63, 3.8) is 0 Å². The van der Waals surface area contributed by atoms with Crippen LogP contribution < -0.4 is 0 Å². The predicted molar refractivity (Wildman–Crippen MR) is 64.9 cm³/mol. The summed E-state index contributed by atoms with van der Waals surface area (Å²) in [5.74, 6) is 1.54. The quantitative estimate of drug-likeness (QED) is 0.625. The van der Waals surface area contributed by atoms with Crippen molar-refractivity contribution >= 4 is 27.7 Å². The van der Waals surface area contributed by atoms with Gasteiger partial charge >= 0.3 is 0 Å². The van der Waals surface area contributed by atoms with E-state index in [9.17, 15) is 4.79 Å². The molecule has 1 aliphatic rings. The zero-order valence-corrected chi connectivity index (χ0v) is 10.3. The molecule has 3 rings (SSSR count). The van der Waals surface area contributed by atoms with Crippen molar-refractivity contribution in [3.05, 3.63) is 34.3 Å². The first-order valence-corrected chi connectivity index (χ1v) is 6.22. The van der Waals surface area contributed by atoms with Crippen molar-refractivity contribution in [1.29, 1.82) is 0 Å². The van der Waals surface area contributed by atoms with Crippen LogP contribution in [0.5, 0.6) is 0 Å². The van der Waals surface area contributed by atoms with Gasteiger partial charge in [-0.1, -0.05) is 12.5 Å². The molecule has 0 unspecified atom stereocenters. The van der Waals surface area contributed by atoms with E-state index in [2.05, 4.69) is 20.9 Å². The van der Waals surface area contributed by atoms with E-state index < -0.39 is 0 Å². The van der Waals surface area contributed by atoms with Crippen LogP contribution in [0.2, 0.25) is 0 Å². The van der Waals surface area contributed by atoms with Crippen molar-refractivity contribution in [3.8, 4) is 0 Å². The van der Waals surface area contributed by atoms with Crippen LogP contribution in [0.3, 0.4) is 0 Å². The van der Waals surface area contributed by atoms with Crippen LogP contribution in [-0.4, -0.2) is 15.7 Å². The van der Waals surface area contributed by atoms with E-state index >= 15 is 0 Å². The molecule has 0 bridgehead atoms. The number of nitrogens with zero attached hydrogens (tertiary/aromatic N) is 2. The molecule has 0 radical (unpaired) electrons. The summed E-state index contributed by atoms with van der Waals surface area (Å²) in [7, 11) is 0. The van der Waals surface area contributed by atoms with Gasteiger partial charge < -0.3 is 0 Å². The number of carbonyl (C=O) groups excluding carboxylic acids is 1. The lowest BCUT2D eigenvalue weighted by molar-refractivity contribution is 0.112. The van der Waals surface area contributed by atoms with Gasteiger partial charge in [-0.2, -0.15) is 0 Å². The van der Waals surface area contributed by atoms with Gasteiger partial charge in [-0.3, -0.25) is 9.20 Å². The van der Waals surface area contributed by atoms with Gasteiger partial charge in [0, 0.05) is 5.92 Å². The Morgan fingerprint density at radius 2 is 2.25 bits per heavy atom.